The Morgan fingerprint density at radius 3 is 2.70 bits per heavy atom. The lowest BCUT2D eigenvalue weighted by atomic mass is 10.1. The van der Waals surface area contributed by atoms with Crippen molar-refractivity contribution in [1.82, 2.24) is 5.32 Å². The van der Waals surface area contributed by atoms with Crippen molar-refractivity contribution in [2.24, 2.45) is 0 Å². The van der Waals surface area contributed by atoms with Gasteiger partial charge in [-0.05, 0) is 51.9 Å². The molecule has 2 heterocycles. The van der Waals surface area contributed by atoms with Crippen molar-refractivity contribution < 1.29 is 9.18 Å². The standard InChI is InChI=1S/C18H16FNOS2/c19-15-5-2-1-4-13(15)7-8-17(21)20-18(14-9-11-22-12-14)16-6-3-10-23-16/h1-6,9-12,18H,7-8H2,(H,20,21). The minimum atomic E-state index is -0.257. The van der Waals surface area contributed by atoms with Gasteiger partial charge >= 0.3 is 0 Å². The first-order valence-electron chi connectivity index (χ1n) is 7.32. The van der Waals surface area contributed by atoms with Crippen LogP contribution in [0, 0.1) is 5.82 Å². The van der Waals surface area contributed by atoms with Crippen LogP contribution in [0.25, 0.3) is 0 Å². The fourth-order valence-corrected chi connectivity index (χ4v) is 3.88. The highest BCUT2D eigenvalue weighted by atomic mass is 32.1. The molecule has 0 bridgehead atoms. The highest BCUT2D eigenvalue weighted by molar-refractivity contribution is 7.10. The van der Waals surface area contributed by atoms with Crippen LogP contribution in [0.4, 0.5) is 4.39 Å². The Hall–Kier alpha value is -1.98. The number of carbonyl (C=O) groups is 1. The highest BCUT2D eigenvalue weighted by Gasteiger charge is 2.18. The molecular formula is C18H16FNOS2. The van der Waals surface area contributed by atoms with E-state index in [1.807, 2.05) is 34.3 Å². The number of carbonyl (C=O) groups excluding carboxylic acids is 1. The van der Waals surface area contributed by atoms with Gasteiger partial charge in [0.2, 0.25) is 5.91 Å². The quantitative estimate of drug-likeness (QED) is 0.684. The van der Waals surface area contributed by atoms with Crippen molar-refractivity contribution in [3.63, 3.8) is 0 Å². The number of thiophene rings is 2. The molecule has 0 saturated carbocycles. The Bertz CT molecular complexity index is 719. The lowest BCUT2D eigenvalue weighted by molar-refractivity contribution is -0.121. The third kappa shape index (κ3) is 4.06. The predicted octanol–water partition coefficient (Wildman–Crippen LogP) is 4.79. The maximum atomic E-state index is 13.6. The molecule has 0 radical (unpaired) electrons. The molecule has 2 aromatic heterocycles. The number of amides is 1. The molecule has 0 aliphatic heterocycles. The molecule has 0 aliphatic rings. The van der Waals surface area contributed by atoms with Crippen LogP contribution in [0.1, 0.15) is 28.5 Å². The second kappa shape index (κ2) is 7.53. The first-order chi connectivity index (χ1) is 11.2. The molecule has 1 unspecified atom stereocenters. The van der Waals surface area contributed by atoms with Gasteiger partial charge in [-0.25, -0.2) is 4.39 Å². The van der Waals surface area contributed by atoms with E-state index in [9.17, 15) is 9.18 Å². The normalized spacial score (nSPS) is 12.0. The van der Waals surface area contributed by atoms with Gasteiger partial charge < -0.3 is 5.32 Å². The predicted molar refractivity (Wildman–Crippen MR) is 93.3 cm³/mol. The molecule has 3 rings (SSSR count). The molecule has 2 nitrogen and oxygen atoms in total. The SMILES string of the molecule is O=C(CCc1ccccc1F)NC(c1ccsc1)c1cccs1. The summed E-state index contributed by atoms with van der Waals surface area (Å²) in [5.74, 6) is -0.328. The number of hydrogen-bond donors (Lipinski definition) is 1. The Kier molecular flexibility index (Phi) is 5.20. The van der Waals surface area contributed by atoms with Gasteiger partial charge in [-0.2, -0.15) is 11.3 Å². The fraction of sp³-hybridized carbons (Fsp3) is 0.167. The number of benzene rings is 1. The van der Waals surface area contributed by atoms with Crippen LogP contribution < -0.4 is 5.32 Å². The molecule has 0 fully saturated rings. The topological polar surface area (TPSA) is 29.1 Å². The number of halogens is 1. The zero-order valence-electron chi connectivity index (χ0n) is 12.4. The second-order valence-electron chi connectivity index (χ2n) is 5.16. The summed E-state index contributed by atoms with van der Waals surface area (Å²) in [4.78, 5) is 13.4. The van der Waals surface area contributed by atoms with Crippen molar-refractivity contribution in [2.45, 2.75) is 18.9 Å². The number of rotatable bonds is 6. The van der Waals surface area contributed by atoms with E-state index in [4.69, 9.17) is 0 Å². The summed E-state index contributed by atoms with van der Waals surface area (Å²) in [5.41, 5.74) is 1.66. The summed E-state index contributed by atoms with van der Waals surface area (Å²) in [6.07, 6.45) is 0.673. The van der Waals surface area contributed by atoms with Crippen LogP contribution in [0.5, 0.6) is 0 Å². The van der Waals surface area contributed by atoms with E-state index in [0.29, 0.717) is 12.0 Å². The third-order valence-electron chi connectivity index (χ3n) is 3.59. The van der Waals surface area contributed by atoms with Crippen LogP contribution in [0.2, 0.25) is 0 Å². The summed E-state index contributed by atoms with van der Waals surface area (Å²) in [5, 5.41) is 9.11. The molecular weight excluding hydrogens is 329 g/mol. The molecule has 1 aromatic carbocycles. The lowest BCUT2D eigenvalue weighted by Crippen LogP contribution is -2.28. The molecule has 0 spiro atoms. The van der Waals surface area contributed by atoms with Gasteiger partial charge in [0.05, 0.1) is 6.04 Å². The van der Waals surface area contributed by atoms with Gasteiger partial charge in [0.1, 0.15) is 5.82 Å². The smallest absolute Gasteiger partial charge is 0.221 e. The first kappa shape index (κ1) is 15.9. The third-order valence-corrected chi connectivity index (χ3v) is 5.23. The summed E-state index contributed by atoms with van der Waals surface area (Å²) in [6, 6.07) is 12.5. The Balaban J connectivity index is 1.66. The summed E-state index contributed by atoms with van der Waals surface area (Å²) < 4.78 is 13.6. The van der Waals surface area contributed by atoms with Crippen LogP contribution in [-0.4, -0.2) is 5.91 Å². The van der Waals surface area contributed by atoms with Crippen molar-refractivity contribution in [3.8, 4) is 0 Å². The minimum Gasteiger partial charge on any atom is -0.344 e. The van der Waals surface area contributed by atoms with Gasteiger partial charge in [0.15, 0.2) is 0 Å². The maximum Gasteiger partial charge on any atom is 0.221 e. The molecule has 118 valence electrons. The van der Waals surface area contributed by atoms with E-state index >= 15 is 0 Å². The van der Waals surface area contributed by atoms with Gasteiger partial charge in [0, 0.05) is 11.3 Å². The van der Waals surface area contributed by atoms with Crippen LogP contribution in [-0.2, 0) is 11.2 Å². The zero-order valence-corrected chi connectivity index (χ0v) is 14.0. The van der Waals surface area contributed by atoms with Crippen LogP contribution in [0.15, 0.2) is 58.6 Å². The summed E-state index contributed by atoms with van der Waals surface area (Å²) in [6.45, 7) is 0. The number of nitrogens with one attached hydrogen (secondary N) is 1. The monoisotopic (exact) mass is 345 g/mol. The number of hydrogen-bond acceptors (Lipinski definition) is 3. The van der Waals surface area contributed by atoms with E-state index in [1.54, 1.807) is 40.9 Å². The second-order valence-corrected chi connectivity index (χ2v) is 6.92. The molecule has 1 amide bonds. The molecule has 1 N–H and O–H groups in total. The Morgan fingerprint density at radius 1 is 1.13 bits per heavy atom. The van der Waals surface area contributed by atoms with Gasteiger partial charge in [-0.15, -0.1) is 11.3 Å². The van der Waals surface area contributed by atoms with Crippen molar-refractivity contribution in [3.05, 3.63) is 80.4 Å². The molecule has 0 aliphatic carbocycles. The van der Waals surface area contributed by atoms with E-state index in [1.165, 1.54) is 6.07 Å². The molecule has 3 aromatic rings. The average molecular weight is 345 g/mol. The molecule has 0 saturated heterocycles. The molecule has 5 heteroatoms. The molecule has 1 atom stereocenters. The fourth-order valence-electron chi connectivity index (χ4n) is 2.40. The van der Waals surface area contributed by atoms with E-state index < -0.39 is 0 Å². The lowest BCUT2D eigenvalue weighted by Gasteiger charge is -2.16. The summed E-state index contributed by atoms with van der Waals surface area (Å²) in [7, 11) is 0. The van der Waals surface area contributed by atoms with E-state index in [2.05, 4.69) is 5.32 Å². The maximum absolute atomic E-state index is 13.6. The van der Waals surface area contributed by atoms with Crippen molar-refractivity contribution in [1.29, 1.82) is 0 Å². The van der Waals surface area contributed by atoms with Gasteiger partial charge in [0.25, 0.3) is 0 Å². The van der Waals surface area contributed by atoms with E-state index in [-0.39, 0.29) is 24.2 Å². The summed E-state index contributed by atoms with van der Waals surface area (Å²) >= 11 is 3.23. The van der Waals surface area contributed by atoms with Gasteiger partial charge in [-0.1, -0.05) is 24.3 Å². The largest absolute Gasteiger partial charge is 0.344 e. The van der Waals surface area contributed by atoms with Gasteiger partial charge in [-0.3, -0.25) is 4.79 Å². The molecule has 23 heavy (non-hydrogen) atoms. The average Bonchev–Trinajstić information content (AvgIpc) is 3.25. The highest BCUT2D eigenvalue weighted by Crippen LogP contribution is 2.27. The van der Waals surface area contributed by atoms with Crippen molar-refractivity contribution in [2.75, 3.05) is 0 Å². The number of aryl methyl sites for hydroxylation is 1. The van der Waals surface area contributed by atoms with Crippen LogP contribution in [0.3, 0.4) is 0 Å². The first-order valence-corrected chi connectivity index (χ1v) is 9.14. The van der Waals surface area contributed by atoms with E-state index in [0.717, 1.165) is 10.4 Å². The van der Waals surface area contributed by atoms with Crippen LogP contribution >= 0.6 is 22.7 Å². The Labute approximate surface area is 142 Å². The van der Waals surface area contributed by atoms with Crippen molar-refractivity contribution >= 4 is 28.6 Å². The minimum absolute atomic E-state index is 0.0714. The Morgan fingerprint density at radius 2 is 2.00 bits per heavy atom. The zero-order chi connectivity index (χ0) is 16.1.